The monoisotopic (exact) mass is 253 g/mol. The van der Waals surface area contributed by atoms with E-state index in [9.17, 15) is 5.11 Å². The van der Waals surface area contributed by atoms with Gasteiger partial charge in [-0.2, -0.15) is 5.10 Å². The van der Waals surface area contributed by atoms with Crippen molar-refractivity contribution in [3.63, 3.8) is 0 Å². The molecule has 0 spiro atoms. The summed E-state index contributed by atoms with van der Waals surface area (Å²) in [7, 11) is 1.96. The predicted octanol–water partition coefficient (Wildman–Crippen LogP) is 2.48. The average Bonchev–Trinajstić information content (AvgIpc) is 2.65. The van der Waals surface area contributed by atoms with Crippen molar-refractivity contribution >= 4 is 5.82 Å². The zero-order valence-corrected chi connectivity index (χ0v) is 12.4. The number of aryl methyl sites for hydroxylation is 2. The van der Waals surface area contributed by atoms with Gasteiger partial charge < -0.3 is 10.0 Å². The zero-order valence-electron chi connectivity index (χ0n) is 12.4. The molecule has 0 saturated carbocycles. The second-order valence-electron chi connectivity index (χ2n) is 4.89. The maximum absolute atomic E-state index is 9.53. The molecule has 0 atom stereocenters. The number of aromatic nitrogens is 2. The number of aliphatic hydroxyl groups excluding tert-OH is 1. The van der Waals surface area contributed by atoms with Crippen molar-refractivity contribution in [2.45, 2.75) is 47.1 Å². The molecule has 4 heteroatoms. The highest BCUT2D eigenvalue weighted by atomic mass is 16.3. The molecule has 18 heavy (non-hydrogen) atoms. The van der Waals surface area contributed by atoms with Crippen LogP contribution in [0.3, 0.4) is 0 Å². The van der Waals surface area contributed by atoms with E-state index in [1.165, 1.54) is 12.8 Å². The van der Waals surface area contributed by atoms with E-state index in [0.717, 1.165) is 30.2 Å². The Balaban J connectivity index is 3.01. The van der Waals surface area contributed by atoms with Gasteiger partial charge in [0, 0.05) is 25.7 Å². The van der Waals surface area contributed by atoms with E-state index in [0.29, 0.717) is 5.92 Å². The number of hydrogen-bond acceptors (Lipinski definition) is 3. The molecule has 1 aromatic rings. The van der Waals surface area contributed by atoms with Gasteiger partial charge in [0.15, 0.2) is 0 Å². The van der Waals surface area contributed by atoms with E-state index in [2.05, 4.69) is 30.8 Å². The Morgan fingerprint density at radius 3 is 2.33 bits per heavy atom. The summed E-state index contributed by atoms with van der Waals surface area (Å²) >= 11 is 0. The van der Waals surface area contributed by atoms with Crippen LogP contribution >= 0.6 is 0 Å². The van der Waals surface area contributed by atoms with Gasteiger partial charge in [-0.3, -0.25) is 4.68 Å². The molecule has 104 valence electrons. The number of hydrogen-bond donors (Lipinski definition) is 1. The Morgan fingerprint density at radius 1 is 1.28 bits per heavy atom. The molecule has 1 heterocycles. The summed E-state index contributed by atoms with van der Waals surface area (Å²) < 4.78 is 1.90. The molecule has 4 nitrogen and oxygen atoms in total. The molecule has 0 aromatic carbocycles. The molecule has 0 fully saturated rings. The van der Waals surface area contributed by atoms with Gasteiger partial charge in [0.1, 0.15) is 5.82 Å². The number of nitrogens with zero attached hydrogens (tertiary/aromatic N) is 3. The molecule has 0 aliphatic rings. The van der Waals surface area contributed by atoms with Crippen molar-refractivity contribution in [3.05, 3.63) is 11.3 Å². The van der Waals surface area contributed by atoms with Gasteiger partial charge in [-0.1, -0.05) is 26.7 Å². The van der Waals surface area contributed by atoms with E-state index in [4.69, 9.17) is 0 Å². The summed E-state index contributed by atoms with van der Waals surface area (Å²) in [6.45, 7) is 10.6. The van der Waals surface area contributed by atoms with Gasteiger partial charge in [-0.25, -0.2) is 0 Å². The molecule has 0 radical (unpaired) electrons. The van der Waals surface area contributed by atoms with E-state index < -0.39 is 0 Å². The van der Waals surface area contributed by atoms with Crippen molar-refractivity contribution in [1.29, 1.82) is 0 Å². The predicted molar refractivity (Wildman–Crippen MR) is 75.8 cm³/mol. The summed E-state index contributed by atoms with van der Waals surface area (Å²) in [6, 6.07) is 0. The molecule has 0 unspecified atom stereocenters. The number of anilines is 1. The van der Waals surface area contributed by atoms with Crippen molar-refractivity contribution in [2.24, 2.45) is 13.0 Å². The number of rotatable bonds is 7. The lowest BCUT2D eigenvalue weighted by Gasteiger charge is -2.28. The van der Waals surface area contributed by atoms with Gasteiger partial charge in [-0.15, -0.1) is 0 Å². The Kier molecular flexibility index (Phi) is 5.66. The van der Waals surface area contributed by atoms with Crippen LogP contribution in [0.4, 0.5) is 5.82 Å². The molecule has 0 saturated heterocycles. The first-order valence-electron chi connectivity index (χ1n) is 6.97. The van der Waals surface area contributed by atoms with Crippen molar-refractivity contribution in [2.75, 3.05) is 18.0 Å². The lowest BCUT2D eigenvalue weighted by molar-refractivity contribution is 0.281. The molecule has 1 rings (SSSR count). The Hall–Kier alpha value is -1.03. The molecule has 1 aromatic heterocycles. The van der Waals surface area contributed by atoms with Crippen LogP contribution in [0.25, 0.3) is 0 Å². The van der Waals surface area contributed by atoms with Gasteiger partial charge in [0.2, 0.25) is 0 Å². The van der Waals surface area contributed by atoms with E-state index >= 15 is 0 Å². The van der Waals surface area contributed by atoms with E-state index in [1.807, 2.05) is 18.7 Å². The minimum atomic E-state index is 0.0639. The average molecular weight is 253 g/mol. The first kappa shape index (κ1) is 15.0. The quantitative estimate of drug-likeness (QED) is 0.811. The van der Waals surface area contributed by atoms with Crippen LogP contribution in [-0.4, -0.2) is 28.0 Å². The minimum Gasteiger partial charge on any atom is -0.391 e. The standard InChI is InChI=1S/C14H27N3O/c1-6-12(7-2)9-17(8-3)14-13(10-18)11(4)15-16(14)5/h12,18H,6-10H2,1-5H3. The fraction of sp³-hybridized carbons (Fsp3) is 0.786. The van der Waals surface area contributed by atoms with Crippen LogP contribution in [0.2, 0.25) is 0 Å². The third-order valence-corrected chi connectivity index (χ3v) is 3.79. The maximum atomic E-state index is 9.53. The van der Waals surface area contributed by atoms with E-state index in [1.54, 1.807) is 0 Å². The first-order valence-corrected chi connectivity index (χ1v) is 6.97. The highest BCUT2D eigenvalue weighted by Gasteiger charge is 2.19. The maximum Gasteiger partial charge on any atom is 0.132 e. The number of aliphatic hydroxyl groups is 1. The smallest absolute Gasteiger partial charge is 0.132 e. The van der Waals surface area contributed by atoms with Crippen LogP contribution in [-0.2, 0) is 13.7 Å². The molecular weight excluding hydrogens is 226 g/mol. The summed E-state index contributed by atoms with van der Waals surface area (Å²) in [6.07, 6.45) is 2.39. The molecule has 0 bridgehead atoms. The largest absolute Gasteiger partial charge is 0.391 e. The second-order valence-corrected chi connectivity index (χ2v) is 4.89. The molecule has 0 amide bonds. The lowest BCUT2D eigenvalue weighted by Crippen LogP contribution is -2.31. The molecule has 0 aliphatic heterocycles. The van der Waals surface area contributed by atoms with Crippen molar-refractivity contribution in [3.8, 4) is 0 Å². The Bertz CT molecular complexity index is 369. The van der Waals surface area contributed by atoms with Gasteiger partial charge in [0.05, 0.1) is 12.3 Å². The highest BCUT2D eigenvalue weighted by molar-refractivity contribution is 5.49. The van der Waals surface area contributed by atoms with Crippen LogP contribution in [0, 0.1) is 12.8 Å². The normalized spacial score (nSPS) is 11.3. The van der Waals surface area contributed by atoms with Crippen LogP contribution in [0.5, 0.6) is 0 Å². The third kappa shape index (κ3) is 3.05. The fourth-order valence-electron chi connectivity index (χ4n) is 2.49. The van der Waals surface area contributed by atoms with Gasteiger partial charge >= 0.3 is 0 Å². The molecule has 0 aliphatic carbocycles. The summed E-state index contributed by atoms with van der Waals surface area (Å²) in [5.41, 5.74) is 1.89. The lowest BCUT2D eigenvalue weighted by atomic mass is 10.0. The first-order chi connectivity index (χ1) is 8.58. The topological polar surface area (TPSA) is 41.3 Å². The highest BCUT2D eigenvalue weighted by Crippen LogP contribution is 2.25. The summed E-state index contributed by atoms with van der Waals surface area (Å²) in [5, 5.41) is 14.0. The second kappa shape index (κ2) is 6.78. The van der Waals surface area contributed by atoms with E-state index in [-0.39, 0.29) is 6.61 Å². The van der Waals surface area contributed by atoms with Crippen molar-refractivity contribution in [1.82, 2.24) is 9.78 Å². The molecular formula is C14H27N3O. The van der Waals surface area contributed by atoms with Gasteiger partial charge in [-0.05, 0) is 19.8 Å². The SMILES string of the molecule is CCC(CC)CN(CC)c1c(CO)c(C)nn1C. The van der Waals surface area contributed by atoms with Crippen LogP contribution in [0.15, 0.2) is 0 Å². The summed E-state index contributed by atoms with van der Waals surface area (Å²) in [4.78, 5) is 2.34. The zero-order chi connectivity index (χ0) is 13.7. The minimum absolute atomic E-state index is 0.0639. The third-order valence-electron chi connectivity index (χ3n) is 3.79. The Labute approximate surface area is 111 Å². The van der Waals surface area contributed by atoms with Crippen LogP contribution < -0.4 is 4.90 Å². The Morgan fingerprint density at radius 2 is 1.89 bits per heavy atom. The fourth-order valence-corrected chi connectivity index (χ4v) is 2.49. The molecule has 1 N–H and O–H groups in total. The van der Waals surface area contributed by atoms with Gasteiger partial charge in [0.25, 0.3) is 0 Å². The van der Waals surface area contributed by atoms with Crippen LogP contribution in [0.1, 0.15) is 44.9 Å². The summed E-state index contributed by atoms with van der Waals surface area (Å²) in [5.74, 6) is 1.77. The van der Waals surface area contributed by atoms with Crippen molar-refractivity contribution < 1.29 is 5.11 Å².